The molecule has 0 aromatic heterocycles. The van der Waals surface area contributed by atoms with E-state index in [-0.39, 0.29) is 5.91 Å². The van der Waals surface area contributed by atoms with Crippen molar-refractivity contribution in [1.82, 2.24) is 5.32 Å². The van der Waals surface area contributed by atoms with Crippen LogP contribution < -0.4 is 19.5 Å². The molecule has 0 atom stereocenters. The Labute approximate surface area is 129 Å². The summed E-state index contributed by atoms with van der Waals surface area (Å²) in [7, 11) is 4.64. The number of carbonyl (C=O) groups excluding carboxylic acids is 1. The van der Waals surface area contributed by atoms with Gasteiger partial charge in [0.15, 0.2) is 0 Å². The molecule has 0 saturated heterocycles. The average molecular weight is 301 g/mol. The zero-order valence-corrected chi connectivity index (χ0v) is 12.9. The van der Waals surface area contributed by atoms with Gasteiger partial charge in [-0.25, -0.2) is 0 Å². The molecule has 2 rings (SSSR count). The molecule has 0 radical (unpaired) electrons. The first kappa shape index (κ1) is 15.7. The maximum Gasteiger partial charge on any atom is 0.259 e. The maximum absolute atomic E-state index is 12.5. The average Bonchev–Trinajstić information content (AvgIpc) is 2.58. The lowest BCUT2D eigenvalue weighted by atomic mass is 10.1. The largest absolute Gasteiger partial charge is 0.496 e. The van der Waals surface area contributed by atoms with Crippen LogP contribution in [0.15, 0.2) is 42.5 Å². The van der Waals surface area contributed by atoms with Gasteiger partial charge in [0.1, 0.15) is 22.8 Å². The Bertz CT molecular complexity index is 633. The summed E-state index contributed by atoms with van der Waals surface area (Å²) in [6, 6.07) is 12.8. The minimum Gasteiger partial charge on any atom is -0.496 e. The standard InChI is InChI=1S/C17H19NO4/c1-20-13-8-5-4-7-12(13)11-18-17(19)16-14(21-2)9-6-10-15(16)22-3/h4-10H,11H2,1-3H3,(H,18,19). The lowest BCUT2D eigenvalue weighted by molar-refractivity contribution is 0.0944. The summed E-state index contributed by atoms with van der Waals surface area (Å²) in [4.78, 5) is 12.5. The number of hydrogen-bond acceptors (Lipinski definition) is 4. The Morgan fingerprint density at radius 2 is 1.41 bits per heavy atom. The Hall–Kier alpha value is -2.69. The predicted octanol–water partition coefficient (Wildman–Crippen LogP) is 2.64. The third-order valence-corrected chi connectivity index (χ3v) is 3.29. The second kappa shape index (κ2) is 7.36. The molecular weight excluding hydrogens is 282 g/mol. The minimum absolute atomic E-state index is 0.264. The van der Waals surface area contributed by atoms with Gasteiger partial charge in [0.05, 0.1) is 21.3 Å². The second-order valence-electron chi connectivity index (χ2n) is 4.53. The van der Waals surface area contributed by atoms with E-state index in [2.05, 4.69) is 5.32 Å². The molecule has 0 fully saturated rings. The molecule has 0 bridgehead atoms. The number of rotatable bonds is 6. The maximum atomic E-state index is 12.5. The van der Waals surface area contributed by atoms with E-state index in [0.717, 1.165) is 11.3 Å². The lowest BCUT2D eigenvalue weighted by Crippen LogP contribution is -2.24. The van der Waals surface area contributed by atoms with E-state index < -0.39 is 0 Å². The van der Waals surface area contributed by atoms with Crippen LogP contribution in [0.4, 0.5) is 0 Å². The first-order valence-corrected chi connectivity index (χ1v) is 6.82. The molecule has 2 aromatic rings. The fourth-order valence-electron chi connectivity index (χ4n) is 2.19. The zero-order valence-electron chi connectivity index (χ0n) is 12.9. The third-order valence-electron chi connectivity index (χ3n) is 3.29. The lowest BCUT2D eigenvalue weighted by Gasteiger charge is -2.14. The molecule has 0 spiro atoms. The van der Waals surface area contributed by atoms with Crippen LogP contribution >= 0.6 is 0 Å². The molecule has 0 saturated carbocycles. The molecule has 5 nitrogen and oxygen atoms in total. The molecule has 22 heavy (non-hydrogen) atoms. The molecule has 116 valence electrons. The number of ether oxygens (including phenoxy) is 3. The Balaban J connectivity index is 2.19. The summed E-state index contributed by atoms with van der Waals surface area (Å²) in [6.07, 6.45) is 0. The van der Waals surface area contributed by atoms with Crippen molar-refractivity contribution in [3.05, 3.63) is 53.6 Å². The first-order chi connectivity index (χ1) is 10.7. The smallest absolute Gasteiger partial charge is 0.259 e. The zero-order chi connectivity index (χ0) is 15.9. The molecule has 5 heteroatoms. The van der Waals surface area contributed by atoms with Crippen LogP contribution in [0.3, 0.4) is 0 Å². The van der Waals surface area contributed by atoms with Crippen molar-refractivity contribution in [3.8, 4) is 17.2 Å². The summed E-state index contributed by atoms with van der Waals surface area (Å²) in [5, 5.41) is 2.86. The first-order valence-electron chi connectivity index (χ1n) is 6.82. The number of nitrogens with one attached hydrogen (secondary N) is 1. The predicted molar refractivity (Wildman–Crippen MR) is 83.7 cm³/mol. The highest BCUT2D eigenvalue weighted by Gasteiger charge is 2.18. The summed E-state index contributed by atoms with van der Waals surface area (Å²) >= 11 is 0. The Kier molecular flexibility index (Phi) is 5.25. The van der Waals surface area contributed by atoms with E-state index in [1.165, 1.54) is 14.2 Å². The van der Waals surface area contributed by atoms with E-state index in [4.69, 9.17) is 14.2 Å². The Morgan fingerprint density at radius 1 is 0.864 bits per heavy atom. The summed E-state index contributed by atoms with van der Waals surface area (Å²) < 4.78 is 15.8. The SMILES string of the molecule is COc1ccccc1CNC(=O)c1c(OC)cccc1OC. The fraction of sp³-hybridized carbons (Fsp3) is 0.235. The van der Waals surface area contributed by atoms with Crippen LogP contribution in [0.5, 0.6) is 17.2 Å². The number of para-hydroxylation sites is 1. The minimum atomic E-state index is -0.264. The van der Waals surface area contributed by atoms with Gasteiger partial charge in [0.25, 0.3) is 5.91 Å². The molecule has 0 unspecified atom stereocenters. The van der Waals surface area contributed by atoms with Crippen molar-refractivity contribution in [2.45, 2.75) is 6.54 Å². The van der Waals surface area contributed by atoms with Crippen LogP contribution in [0.25, 0.3) is 0 Å². The summed E-state index contributed by atoms with van der Waals surface area (Å²) in [5.41, 5.74) is 1.27. The van der Waals surface area contributed by atoms with Crippen molar-refractivity contribution in [3.63, 3.8) is 0 Å². The topological polar surface area (TPSA) is 56.8 Å². The molecule has 2 aromatic carbocycles. The summed E-state index contributed by atoms with van der Waals surface area (Å²) in [5.74, 6) is 1.41. The van der Waals surface area contributed by atoms with Gasteiger partial charge in [0.2, 0.25) is 0 Å². The van der Waals surface area contributed by atoms with Crippen LogP contribution in [0.2, 0.25) is 0 Å². The van der Waals surface area contributed by atoms with Crippen molar-refractivity contribution in [1.29, 1.82) is 0 Å². The quantitative estimate of drug-likeness (QED) is 0.891. The number of amides is 1. The van der Waals surface area contributed by atoms with Crippen LogP contribution in [0.1, 0.15) is 15.9 Å². The van der Waals surface area contributed by atoms with E-state index in [9.17, 15) is 4.79 Å². The molecule has 1 N–H and O–H groups in total. The molecule has 1 amide bonds. The van der Waals surface area contributed by atoms with Crippen molar-refractivity contribution < 1.29 is 19.0 Å². The molecule has 0 aliphatic carbocycles. The highest BCUT2D eigenvalue weighted by molar-refractivity contribution is 5.99. The van der Waals surface area contributed by atoms with Gasteiger partial charge < -0.3 is 19.5 Å². The van der Waals surface area contributed by atoms with Crippen LogP contribution in [-0.4, -0.2) is 27.2 Å². The van der Waals surface area contributed by atoms with E-state index in [0.29, 0.717) is 23.6 Å². The third kappa shape index (κ3) is 3.31. The fourth-order valence-corrected chi connectivity index (χ4v) is 2.19. The van der Waals surface area contributed by atoms with Crippen molar-refractivity contribution >= 4 is 5.91 Å². The van der Waals surface area contributed by atoms with Crippen molar-refractivity contribution in [2.75, 3.05) is 21.3 Å². The van der Waals surface area contributed by atoms with Gasteiger partial charge >= 0.3 is 0 Å². The number of methoxy groups -OCH3 is 3. The molecular formula is C17H19NO4. The highest BCUT2D eigenvalue weighted by Crippen LogP contribution is 2.28. The van der Waals surface area contributed by atoms with Gasteiger partial charge in [-0.1, -0.05) is 24.3 Å². The Morgan fingerprint density at radius 3 is 2.00 bits per heavy atom. The van der Waals surface area contributed by atoms with Crippen molar-refractivity contribution in [2.24, 2.45) is 0 Å². The summed E-state index contributed by atoms with van der Waals surface area (Å²) in [6.45, 7) is 0.351. The number of hydrogen-bond donors (Lipinski definition) is 1. The van der Waals surface area contributed by atoms with Crippen LogP contribution in [0, 0.1) is 0 Å². The van der Waals surface area contributed by atoms with Crippen LogP contribution in [-0.2, 0) is 6.54 Å². The van der Waals surface area contributed by atoms with Gasteiger partial charge in [-0.2, -0.15) is 0 Å². The number of benzene rings is 2. The second-order valence-corrected chi connectivity index (χ2v) is 4.53. The normalized spacial score (nSPS) is 9.95. The molecule has 0 aliphatic rings. The van der Waals surface area contributed by atoms with E-state index in [1.54, 1.807) is 25.3 Å². The molecule has 0 heterocycles. The monoisotopic (exact) mass is 301 g/mol. The van der Waals surface area contributed by atoms with E-state index in [1.807, 2.05) is 24.3 Å². The number of carbonyl (C=O) groups is 1. The molecule has 0 aliphatic heterocycles. The van der Waals surface area contributed by atoms with Gasteiger partial charge in [0, 0.05) is 12.1 Å². The van der Waals surface area contributed by atoms with Gasteiger partial charge in [-0.15, -0.1) is 0 Å². The van der Waals surface area contributed by atoms with Gasteiger partial charge in [-0.05, 0) is 18.2 Å². The van der Waals surface area contributed by atoms with E-state index >= 15 is 0 Å². The van der Waals surface area contributed by atoms with Gasteiger partial charge in [-0.3, -0.25) is 4.79 Å². The highest BCUT2D eigenvalue weighted by atomic mass is 16.5.